The van der Waals surface area contributed by atoms with Crippen LogP contribution in [0.15, 0.2) is 24.5 Å². The second kappa shape index (κ2) is 7.25. The highest BCUT2D eigenvalue weighted by atomic mass is 16.7. The van der Waals surface area contributed by atoms with Crippen molar-refractivity contribution in [2.24, 2.45) is 0 Å². The fourth-order valence-electron chi connectivity index (χ4n) is 1.05. The van der Waals surface area contributed by atoms with Crippen LogP contribution in [0.2, 0.25) is 0 Å². The Kier molecular flexibility index (Phi) is 6.76. The lowest BCUT2D eigenvalue weighted by Crippen LogP contribution is -2.41. The Morgan fingerprint density at radius 3 is 2.59 bits per heavy atom. The summed E-state index contributed by atoms with van der Waals surface area (Å²) in [5.41, 5.74) is -0.816. The number of rotatable bonds is 8. The average molecular weight is 241 g/mol. The predicted octanol–water partition coefficient (Wildman–Crippen LogP) is 2.32. The van der Waals surface area contributed by atoms with Gasteiger partial charge >= 0.3 is 0 Å². The fourth-order valence-corrected chi connectivity index (χ4v) is 1.05. The molecule has 0 aromatic heterocycles. The molecular formula is C13H23NO3. The molecule has 0 saturated heterocycles. The average Bonchev–Trinajstić information content (AvgIpc) is 2.25. The maximum absolute atomic E-state index is 10.7. The van der Waals surface area contributed by atoms with Crippen LogP contribution in [-0.2, 0) is 14.4 Å². The lowest BCUT2D eigenvalue weighted by Gasteiger charge is -2.30. The Hall–Kier alpha value is -1.13. The number of allylic oxidation sites excluding steroid dienone is 2. The molecule has 0 aromatic carbocycles. The molecule has 98 valence electrons. The summed E-state index contributed by atoms with van der Waals surface area (Å²) in [7, 11) is 1.78. The Bertz CT molecular complexity index is 284. The van der Waals surface area contributed by atoms with Gasteiger partial charge in [-0.2, -0.15) is 5.06 Å². The Morgan fingerprint density at radius 1 is 1.53 bits per heavy atom. The van der Waals surface area contributed by atoms with Crippen molar-refractivity contribution in [3.8, 4) is 0 Å². The SMILES string of the molecule is C=C(/C=C\C)OCC(C)N(C)OC(C)(C)C=O. The molecule has 4 nitrogen and oxygen atoms in total. The summed E-state index contributed by atoms with van der Waals surface area (Å²) in [5.74, 6) is 0.613. The van der Waals surface area contributed by atoms with Crippen molar-refractivity contribution in [2.45, 2.75) is 39.3 Å². The van der Waals surface area contributed by atoms with Crippen molar-refractivity contribution in [1.82, 2.24) is 5.06 Å². The number of hydrogen-bond donors (Lipinski definition) is 0. The zero-order valence-corrected chi connectivity index (χ0v) is 11.4. The standard InChI is InChI=1S/C13H23NO3/c1-7-8-12(3)16-9-11(2)14(6)17-13(4,5)10-15/h7-8,10-11H,3,9H2,1-2,4-6H3/b8-7-. The van der Waals surface area contributed by atoms with Gasteiger partial charge in [-0.15, -0.1) is 0 Å². The van der Waals surface area contributed by atoms with Crippen molar-refractivity contribution in [2.75, 3.05) is 13.7 Å². The van der Waals surface area contributed by atoms with Crippen LogP contribution >= 0.6 is 0 Å². The summed E-state index contributed by atoms with van der Waals surface area (Å²) >= 11 is 0. The minimum Gasteiger partial charge on any atom is -0.493 e. The summed E-state index contributed by atoms with van der Waals surface area (Å²) in [5, 5.41) is 1.62. The zero-order chi connectivity index (χ0) is 13.5. The number of nitrogens with zero attached hydrogens (tertiary/aromatic N) is 1. The largest absolute Gasteiger partial charge is 0.493 e. The second-order valence-electron chi connectivity index (χ2n) is 4.49. The Labute approximate surface area is 104 Å². The molecule has 1 unspecified atom stereocenters. The van der Waals surface area contributed by atoms with E-state index in [1.165, 1.54) is 0 Å². The Balaban J connectivity index is 4.10. The van der Waals surface area contributed by atoms with Crippen LogP contribution in [0.25, 0.3) is 0 Å². The highest BCUT2D eigenvalue weighted by molar-refractivity contribution is 5.60. The predicted molar refractivity (Wildman–Crippen MR) is 68.4 cm³/mol. The Morgan fingerprint density at radius 2 is 2.12 bits per heavy atom. The zero-order valence-electron chi connectivity index (χ0n) is 11.4. The third-order valence-electron chi connectivity index (χ3n) is 2.15. The molecule has 0 amide bonds. The molecule has 0 spiro atoms. The van der Waals surface area contributed by atoms with Crippen molar-refractivity contribution in [3.05, 3.63) is 24.5 Å². The maximum atomic E-state index is 10.7. The number of carbonyl (C=O) groups excluding carboxylic acids is 1. The number of aldehydes is 1. The fraction of sp³-hybridized carbons (Fsp3) is 0.615. The van der Waals surface area contributed by atoms with Gasteiger partial charge in [0, 0.05) is 7.05 Å². The normalized spacial score (nSPS) is 14.0. The molecule has 0 aromatic rings. The molecule has 0 saturated carbocycles. The van der Waals surface area contributed by atoms with Gasteiger partial charge in [-0.05, 0) is 33.8 Å². The van der Waals surface area contributed by atoms with E-state index in [9.17, 15) is 4.79 Å². The monoisotopic (exact) mass is 241 g/mol. The van der Waals surface area contributed by atoms with E-state index in [1.54, 1.807) is 32.0 Å². The number of hydrogen-bond acceptors (Lipinski definition) is 4. The molecule has 0 aliphatic heterocycles. The van der Waals surface area contributed by atoms with E-state index in [0.29, 0.717) is 12.4 Å². The van der Waals surface area contributed by atoms with E-state index >= 15 is 0 Å². The molecule has 0 rings (SSSR count). The van der Waals surface area contributed by atoms with Crippen LogP contribution in [0, 0.1) is 0 Å². The van der Waals surface area contributed by atoms with Crippen LogP contribution < -0.4 is 0 Å². The highest BCUT2D eigenvalue weighted by Crippen LogP contribution is 2.10. The summed E-state index contributed by atoms with van der Waals surface area (Å²) in [6, 6.07) is 0.0243. The third-order valence-corrected chi connectivity index (χ3v) is 2.15. The van der Waals surface area contributed by atoms with E-state index in [1.807, 2.05) is 19.9 Å². The van der Waals surface area contributed by atoms with E-state index < -0.39 is 5.60 Å². The van der Waals surface area contributed by atoms with Gasteiger partial charge in [0.15, 0.2) is 6.29 Å². The van der Waals surface area contributed by atoms with Crippen LogP contribution in [0.5, 0.6) is 0 Å². The van der Waals surface area contributed by atoms with E-state index in [0.717, 1.165) is 6.29 Å². The molecule has 0 fully saturated rings. The first-order valence-electron chi connectivity index (χ1n) is 5.65. The van der Waals surface area contributed by atoms with Crippen LogP contribution in [-0.4, -0.2) is 36.6 Å². The molecule has 17 heavy (non-hydrogen) atoms. The summed E-state index contributed by atoms with van der Waals surface area (Å²) < 4.78 is 5.42. The van der Waals surface area contributed by atoms with Crippen LogP contribution in [0.3, 0.4) is 0 Å². The van der Waals surface area contributed by atoms with Gasteiger partial charge in [-0.25, -0.2) is 0 Å². The number of ether oxygens (including phenoxy) is 1. The molecule has 4 heteroatoms. The van der Waals surface area contributed by atoms with Crippen LogP contribution in [0.4, 0.5) is 0 Å². The number of hydroxylamine groups is 2. The molecule has 0 bridgehead atoms. The first-order valence-corrected chi connectivity index (χ1v) is 5.65. The summed E-state index contributed by atoms with van der Waals surface area (Å²) in [6.07, 6.45) is 4.43. The second-order valence-corrected chi connectivity index (χ2v) is 4.49. The van der Waals surface area contributed by atoms with E-state index in [2.05, 4.69) is 6.58 Å². The molecule has 0 radical (unpaired) electrons. The molecule has 0 aliphatic rings. The lowest BCUT2D eigenvalue weighted by molar-refractivity contribution is -0.232. The van der Waals surface area contributed by atoms with Crippen molar-refractivity contribution in [1.29, 1.82) is 0 Å². The van der Waals surface area contributed by atoms with Gasteiger partial charge in [0.2, 0.25) is 0 Å². The van der Waals surface area contributed by atoms with Gasteiger partial charge in [0.1, 0.15) is 18.0 Å². The van der Waals surface area contributed by atoms with Gasteiger partial charge in [-0.3, -0.25) is 4.84 Å². The third kappa shape index (κ3) is 6.92. The first kappa shape index (κ1) is 15.9. The van der Waals surface area contributed by atoms with Crippen molar-refractivity contribution < 1.29 is 14.4 Å². The highest BCUT2D eigenvalue weighted by Gasteiger charge is 2.23. The molecule has 0 N–H and O–H groups in total. The molecule has 0 aliphatic carbocycles. The quantitative estimate of drug-likeness (QED) is 0.283. The molecule has 1 atom stereocenters. The first-order chi connectivity index (χ1) is 7.82. The van der Waals surface area contributed by atoms with E-state index in [4.69, 9.17) is 9.57 Å². The lowest BCUT2D eigenvalue weighted by atomic mass is 10.2. The minimum atomic E-state index is -0.816. The molecular weight excluding hydrogens is 218 g/mol. The van der Waals surface area contributed by atoms with Gasteiger partial charge in [0.05, 0.1) is 6.04 Å². The van der Waals surface area contributed by atoms with E-state index in [-0.39, 0.29) is 6.04 Å². The number of likely N-dealkylation sites (N-methyl/N-ethyl adjacent to an activating group) is 1. The number of carbonyl (C=O) groups is 1. The molecule has 0 heterocycles. The minimum absolute atomic E-state index is 0.0243. The topological polar surface area (TPSA) is 38.8 Å². The summed E-state index contributed by atoms with van der Waals surface area (Å²) in [4.78, 5) is 16.2. The smallest absolute Gasteiger partial charge is 0.153 e. The maximum Gasteiger partial charge on any atom is 0.153 e. The van der Waals surface area contributed by atoms with Crippen molar-refractivity contribution >= 4 is 6.29 Å². The van der Waals surface area contributed by atoms with Crippen LogP contribution in [0.1, 0.15) is 27.7 Å². The summed E-state index contributed by atoms with van der Waals surface area (Å²) in [6.45, 7) is 11.5. The van der Waals surface area contributed by atoms with Gasteiger partial charge in [-0.1, -0.05) is 12.7 Å². The van der Waals surface area contributed by atoms with Crippen molar-refractivity contribution in [3.63, 3.8) is 0 Å². The van der Waals surface area contributed by atoms with Gasteiger partial charge in [0.25, 0.3) is 0 Å². The van der Waals surface area contributed by atoms with Gasteiger partial charge < -0.3 is 9.53 Å².